The molecule has 108 valence electrons. The normalized spacial score (nSPS) is 25.8. The van der Waals surface area contributed by atoms with Crippen molar-refractivity contribution in [3.63, 3.8) is 0 Å². The van der Waals surface area contributed by atoms with Gasteiger partial charge in [0.15, 0.2) is 0 Å². The molecule has 0 bridgehead atoms. The standard InChI is InChI=1S/C16H27NOS/c1-10(2)16(15-9-11(3)19-12(15)4)17-13-5-7-14(18)8-6-13/h9-10,13-14,16-18H,5-8H2,1-4H3. The lowest BCUT2D eigenvalue weighted by Crippen LogP contribution is -2.39. The summed E-state index contributed by atoms with van der Waals surface area (Å²) in [5, 5.41) is 13.5. The summed E-state index contributed by atoms with van der Waals surface area (Å²) in [6, 6.07) is 3.36. The molecule has 0 saturated heterocycles. The Bertz CT molecular complexity index is 405. The Morgan fingerprint density at radius 1 is 1.21 bits per heavy atom. The predicted molar refractivity (Wildman–Crippen MR) is 82.8 cm³/mol. The van der Waals surface area contributed by atoms with Crippen LogP contribution in [0.3, 0.4) is 0 Å². The number of thiophene rings is 1. The van der Waals surface area contributed by atoms with Crippen LogP contribution in [0.4, 0.5) is 0 Å². The molecule has 0 radical (unpaired) electrons. The summed E-state index contributed by atoms with van der Waals surface area (Å²) in [6.07, 6.45) is 4.04. The van der Waals surface area contributed by atoms with Gasteiger partial charge in [-0.3, -0.25) is 0 Å². The van der Waals surface area contributed by atoms with Crippen LogP contribution in [0, 0.1) is 19.8 Å². The molecule has 1 unspecified atom stereocenters. The fourth-order valence-corrected chi connectivity index (χ4v) is 4.07. The zero-order chi connectivity index (χ0) is 14.0. The molecule has 1 aliphatic rings. The first-order valence-corrected chi connectivity index (χ1v) is 8.30. The molecule has 0 aromatic carbocycles. The van der Waals surface area contributed by atoms with Crippen molar-refractivity contribution >= 4 is 11.3 Å². The molecule has 1 heterocycles. The molecule has 0 aliphatic heterocycles. The second kappa shape index (κ2) is 6.38. The maximum absolute atomic E-state index is 9.61. The molecule has 19 heavy (non-hydrogen) atoms. The number of aliphatic hydroxyl groups excluding tert-OH is 1. The topological polar surface area (TPSA) is 32.3 Å². The number of nitrogens with one attached hydrogen (secondary N) is 1. The lowest BCUT2D eigenvalue weighted by molar-refractivity contribution is 0.112. The van der Waals surface area contributed by atoms with E-state index in [2.05, 4.69) is 39.1 Å². The van der Waals surface area contributed by atoms with Crippen LogP contribution in [0.15, 0.2) is 6.07 Å². The fraction of sp³-hybridized carbons (Fsp3) is 0.750. The molecule has 0 spiro atoms. The molecule has 3 heteroatoms. The molecule has 2 rings (SSSR count). The van der Waals surface area contributed by atoms with Gasteiger partial charge in [0, 0.05) is 21.8 Å². The summed E-state index contributed by atoms with van der Waals surface area (Å²) in [7, 11) is 0. The highest BCUT2D eigenvalue weighted by Crippen LogP contribution is 2.32. The van der Waals surface area contributed by atoms with Gasteiger partial charge < -0.3 is 10.4 Å². The van der Waals surface area contributed by atoms with Crippen LogP contribution in [0.25, 0.3) is 0 Å². The Balaban J connectivity index is 2.06. The van der Waals surface area contributed by atoms with E-state index in [0.717, 1.165) is 25.7 Å². The molecular weight excluding hydrogens is 254 g/mol. The van der Waals surface area contributed by atoms with Gasteiger partial charge in [0.25, 0.3) is 0 Å². The van der Waals surface area contributed by atoms with Crippen LogP contribution in [0.5, 0.6) is 0 Å². The molecule has 1 aromatic heterocycles. The van der Waals surface area contributed by atoms with E-state index in [4.69, 9.17) is 0 Å². The lowest BCUT2D eigenvalue weighted by Gasteiger charge is -2.32. The third-order valence-corrected chi connectivity index (χ3v) is 5.17. The Hall–Kier alpha value is -0.380. The smallest absolute Gasteiger partial charge is 0.0541 e. The summed E-state index contributed by atoms with van der Waals surface area (Å²) >= 11 is 1.90. The summed E-state index contributed by atoms with van der Waals surface area (Å²) in [5.74, 6) is 0.597. The summed E-state index contributed by atoms with van der Waals surface area (Å²) < 4.78 is 0. The van der Waals surface area contributed by atoms with Crippen LogP contribution in [0.2, 0.25) is 0 Å². The Morgan fingerprint density at radius 2 is 1.84 bits per heavy atom. The second-order valence-electron chi connectivity index (χ2n) is 6.26. The highest BCUT2D eigenvalue weighted by Gasteiger charge is 2.25. The first-order valence-electron chi connectivity index (χ1n) is 7.48. The van der Waals surface area contributed by atoms with Crippen molar-refractivity contribution in [1.29, 1.82) is 0 Å². The van der Waals surface area contributed by atoms with E-state index < -0.39 is 0 Å². The number of hydrogen-bond donors (Lipinski definition) is 2. The van der Waals surface area contributed by atoms with Crippen molar-refractivity contribution in [2.24, 2.45) is 5.92 Å². The van der Waals surface area contributed by atoms with Crippen molar-refractivity contribution in [2.75, 3.05) is 0 Å². The average molecular weight is 281 g/mol. The van der Waals surface area contributed by atoms with Crippen LogP contribution in [0.1, 0.15) is 60.9 Å². The van der Waals surface area contributed by atoms with Crippen molar-refractivity contribution in [1.82, 2.24) is 5.32 Å². The van der Waals surface area contributed by atoms with Gasteiger partial charge in [-0.2, -0.15) is 0 Å². The zero-order valence-corrected chi connectivity index (χ0v) is 13.4. The van der Waals surface area contributed by atoms with Gasteiger partial charge >= 0.3 is 0 Å². The maximum atomic E-state index is 9.61. The van der Waals surface area contributed by atoms with E-state index in [1.807, 2.05) is 11.3 Å². The van der Waals surface area contributed by atoms with Crippen LogP contribution in [-0.2, 0) is 0 Å². The molecule has 1 saturated carbocycles. The third kappa shape index (κ3) is 3.80. The van der Waals surface area contributed by atoms with Crippen molar-refractivity contribution < 1.29 is 5.11 Å². The molecule has 1 fully saturated rings. The van der Waals surface area contributed by atoms with Gasteiger partial charge in [-0.15, -0.1) is 11.3 Å². The minimum Gasteiger partial charge on any atom is -0.393 e. The number of rotatable bonds is 4. The Labute approximate surface area is 121 Å². The minimum atomic E-state index is -0.0688. The second-order valence-corrected chi connectivity index (χ2v) is 7.72. The molecule has 2 N–H and O–H groups in total. The molecular formula is C16H27NOS. The lowest BCUT2D eigenvalue weighted by atomic mass is 9.89. The van der Waals surface area contributed by atoms with Crippen LogP contribution < -0.4 is 5.32 Å². The first kappa shape index (κ1) is 15.0. The maximum Gasteiger partial charge on any atom is 0.0541 e. The van der Waals surface area contributed by atoms with E-state index in [1.54, 1.807) is 0 Å². The number of aliphatic hydroxyl groups is 1. The molecule has 2 nitrogen and oxygen atoms in total. The summed E-state index contributed by atoms with van der Waals surface area (Å²) in [6.45, 7) is 9.01. The third-order valence-electron chi connectivity index (χ3n) is 4.19. The first-order chi connectivity index (χ1) is 8.97. The SMILES string of the molecule is Cc1cc(C(NC2CCC(O)CC2)C(C)C)c(C)s1. The minimum absolute atomic E-state index is 0.0688. The van der Waals surface area contributed by atoms with Crippen molar-refractivity contribution in [2.45, 2.75) is 71.6 Å². The Morgan fingerprint density at radius 3 is 2.32 bits per heavy atom. The fourth-order valence-electron chi connectivity index (χ4n) is 3.10. The van der Waals surface area contributed by atoms with E-state index >= 15 is 0 Å². The van der Waals surface area contributed by atoms with Gasteiger partial charge in [0.2, 0.25) is 0 Å². The predicted octanol–water partition coefficient (Wildman–Crippen LogP) is 3.96. The molecule has 1 aliphatic carbocycles. The average Bonchev–Trinajstić information content (AvgIpc) is 2.67. The van der Waals surface area contributed by atoms with E-state index in [1.165, 1.54) is 15.3 Å². The molecule has 0 amide bonds. The van der Waals surface area contributed by atoms with Gasteiger partial charge in [-0.25, -0.2) is 0 Å². The van der Waals surface area contributed by atoms with E-state index in [9.17, 15) is 5.11 Å². The largest absolute Gasteiger partial charge is 0.393 e. The highest BCUT2D eigenvalue weighted by atomic mass is 32.1. The van der Waals surface area contributed by atoms with Gasteiger partial charge in [0.05, 0.1) is 6.10 Å². The monoisotopic (exact) mass is 281 g/mol. The van der Waals surface area contributed by atoms with Crippen LogP contribution in [-0.4, -0.2) is 17.3 Å². The van der Waals surface area contributed by atoms with Gasteiger partial charge in [-0.1, -0.05) is 13.8 Å². The van der Waals surface area contributed by atoms with Crippen molar-refractivity contribution in [3.05, 3.63) is 21.4 Å². The highest BCUT2D eigenvalue weighted by molar-refractivity contribution is 7.12. The number of hydrogen-bond acceptors (Lipinski definition) is 3. The van der Waals surface area contributed by atoms with Gasteiger partial charge in [0.1, 0.15) is 0 Å². The molecule has 1 aromatic rings. The molecule has 1 atom stereocenters. The number of aryl methyl sites for hydroxylation is 2. The van der Waals surface area contributed by atoms with E-state index in [-0.39, 0.29) is 6.10 Å². The summed E-state index contributed by atoms with van der Waals surface area (Å²) in [4.78, 5) is 2.85. The summed E-state index contributed by atoms with van der Waals surface area (Å²) in [5.41, 5.74) is 1.48. The zero-order valence-electron chi connectivity index (χ0n) is 12.6. The van der Waals surface area contributed by atoms with Gasteiger partial charge in [-0.05, 0) is 57.1 Å². The van der Waals surface area contributed by atoms with Crippen LogP contribution >= 0.6 is 11.3 Å². The van der Waals surface area contributed by atoms with E-state index in [0.29, 0.717) is 18.0 Å². The van der Waals surface area contributed by atoms with Crippen molar-refractivity contribution in [3.8, 4) is 0 Å². The Kier molecular flexibility index (Phi) is 5.04. The quantitative estimate of drug-likeness (QED) is 0.875.